The molecule has 0 bridgehead atoms. The van der Waals surface area contributed by atoms with E-state index >= 15 is 0 Å². The third kappa shape index (κ3) is 4.00. The maximum absolute atomic E-state index is 12.3. The summed E-state index contributed by atoms with van der Waals surface area (Å²) in [7, 11) is 0. The zero-order chi connectivity index (χ0) is 21.3. The molecule has 2 heterocycles. The van der Waals surface area contributed by atoms with Crippen molar-refractivity contribution in [3.8, 4) is 0 Å². The van der Waals surface area contributed by atoms with Gasteiger partial charge in [0.1, 0.15) is 11.3 Å². The number of aromatic nitrogens is 2. The summed E-state index contributed by atoms with van der Waals surface area (Å²) in [4.78, 5) is 33.5. The van der Waals surface area contributed by atoms with Crippen LogP contribution in [0.1, 0.15) is 40.5 Å². The topological polar surface area (TPSA) is 94.3 Å². The fraction of sp³-hybridized carbons (Fsp3) is 0.217. The largest absolute Gasteiger partial charge is 0.459 e. The Morgan fingerprint density at radius 3 is 2.53 bits per heavy atom. The van der Waals surface area contributed by atoms with E-state index in [0.717, 1.165) is 22.4 Å². The van der Waals surface area contributed by atoms with Crippen molar-refractivity contribution in [2.45, 2.75) is 26.8 Å². The molecule has 0 saturated carbocycles. The fourth-order valence-corrected chi connectivity index (χ4v) is 3.14. The summed E-state index contributed by atoms with van der Waals surface area (Å²) < 4.78 is 10.9. The molecule has 0 spiro atoms. The molecule has 1 N–H and O–H groups in total. The van der Waals surface area contributed by atoms with Gasteiger partial charge in [-0.1, -0.05) is 18.2 Å². The van der Waals surface area contributed by atoms with Gasteiger partial charge in [-0.05, 0) is 51.1 Å². The second-order valence-corrected chi connectivity index (χ2v) is 7.15. The standard InChI is InChI=1S/C23H21N3O4/c1-13-14(2)25-19-10-17(8-9-18(19)24-13)23(28)29-12-22(27)26-15(3)21-11-16-6-4-5-7-20(16)30-21/h4-11,15H,12H2,1-3H3,(H,26,27)/t15-/m0/s1. The van der Waals surface area contributed by atoms with E-state index in [1.165, 1.54) is 0 Å². The number of aryl methyl sites for hydroxylation is 2. The Morgan fingerprint density at radius 1 is 1.03 bits per heavy atom. The molecular weight excluding hydrogens is 382 g/mol. The first-order chi connectivity index (χ1) is 14.4. The molecule has 0 fully saturated rings. The number of para-hydroxylation sites is 1. The zero-order valence-corrected chi connectivity index (χ0v) is 16.9. The lowest BCUT2D eigenvalue weighted by Gasteiger charge is -2.11. The molecule has 0 aliphatic carbocycles. The van der Waals surface area contributed by atoms with Crippen LogP contribution < -0.4 is 5.32 Å². The van der Waals surface area contributed by atoms with E-state index in [0.29, 0.717) is 22.4 Å². The number of ether oxygens (including phenoxy) is 1. The molecule has 4 aromatic rings. The smallest absolute Gasteiger partial charge is 0.338 e. The molecule has 7 heteroatoms. The maximum atomic E-state index is 12.3. The van der Waals surface area contributed by atoms with Crippen molar-refractivity contribution in [1.29, 1.82) is 0 Å². The Kier molecular flexibility index (Phi) is 5.18. The molecule has 4 rings (SSSR count). The van der Waals surface area contributed by atoms with Gasteiger partial charge in [0.15, 0.2) is 6.61 Å². The van der Waals surface area contributed by atoms with E-state index in [1.807, 2.05) is 51.1 Å². The monoisotopic (exact) mass is 403 g/mol. The van der Waals surface area contributed by atoms with Crippen LogP contribution in [-0.2, 0) is 9.53 Å². The van der Waals surface area contributed by atoms with Crippen LogP contribution in [0.3, 0.4) is 0 Å². The normalized spacial score (nSPS) is 12.1. The first-order valence-electron chi connectivity index (χ1n) is 9.60. The highest BCUT2D eigenvalue weighted by molar-refractivity contribution is 5.94. The molecule has 0 unspecified atom stereocenters. The van der Waals surface area contributed by atoms with Gasteiger partial charge in [0.25, 0.3) is 5.91 Å². The molecule has 152 valence electrons. The van der Waals surface area contributed by atoms with Gasteiger partial charge in [-0.3, -0.25) is 4.79 Å². The first kappa shape index (κ1) is 19.6. The lowest BCUT2D eigenvalue weighted by molar-refractivity contribution is -0.125. The minimum absolute atomic E-state index is 0.318. The van der Waals surface area contributed by atoms with Gasteiger partial charge in [0, 0.05) is 5.39 Å². The average Bonchev–Trinajstić information content (AvgIpc) is 3.17. The van der Waals surface area contributed by atoms with E-state index in [1.54, 1.807) is 18.2 Å². The Balaban J connectivity index is 1.37. The van der Waals surface area contributed by atoms with Gasteiger partial charge in [-0.25, -0.2) is 14.8 Å². The number of nitrogens with zero attached hydrogens (tertiary/aromatic N) is 2. The second kappa shape index (κ2) is 7.94. The van der Waals surface area contributed by atoms with Crippen LogP contribution in [0.25, 0.3) is 22.0 Å². The van der Waals surface area contributed by atoms with E-state index in [9.17, 15) is 9.59 Å². The Hall–Kier alpha value is -3.74. The van der Waals surface area contributed by atoms with Gasteiger partial charge in [-0.2, -0.15) is 0 Å². The number of esters is 1. The molecule has 0 saturated heterocycles. The van der Waals surface area contributed by atoms with Crippen LogP contribution in [0, 0.1) is 13.8 Å². The molecule has 0 aliphatic heterocycles. The number of benzene rings is 2. The van der Waals surface area contributed by atoms with Gasteiger partial charge in [0.2, 0.25) is 0 Å². The maximum Gasteiger partial charge on any atom is 0.338 e. The van der Waals surface area contributed by atoms with Gasteiger partial charge in [0.05, 0.1) is 34.0 Å². The summed E-state index contributed by atoms with van der Waals surface area (Å²) in [5.41, 5.74) is 4.02. The Labute approximate surface area is 173 Å². The summed E-state index contributed by atoms with van der Waals surface area (Å²) in [5.74, 6) is -0.374. The second-order valence-electron chi connectivity index (χ2n) is 7.15. The van der Waals surface area contributed by atoms with Gasteiger partial charge in [-0.15, -0.1) is 0 Å². The predicted octanol–water partition coefficient (Wildman–Crippen LogP) is 4.03. The minimum atomic E-state index is -0.594. The third-order valence-electron chi connectivity index (χ3n) is 4.89. The van der Waals surface area contributed by atoms with Crippen LogP contribution in [0.4, 0.5) is 0 Å². The number of rotatable bonds is 5. The number of furan rings is 1. The molecule has 2 aromatic carbocycles. The van der Waals surface area contributed by atoms with Crippen LogP contribution in [0.15, 0.2) is 52.9 Å². The quantitative estimate of drug-likeness (QED) is 0.506. The van der Waals surface area contributed by atoms with E-state index in [-0.39, 0.29) is 12.6 Å². The summed E-state index contributed by atoms with van der Waals surface area (Å²) in [6.45, 7) is 5.17. The van der Waals surface area contributed by atoms with Crippen molar-refractivity contribution in [2.24, 2.45) is 0 Å². The SMILES string of the molecule is Cc1nc2ccc(C(=O)OCC(=O)N[C@@H](C)c3cc4ccccc4o3)cc2nc1C. The van der Waals surface area contributed by atoms with Crippen LogP contribution in [-0.4, -0.2) is 28.5 Å². The molecule has 0 radical (unpaired) electrons. The van der Waals surface area contributed by atoms with Crippen molar-refractivity contribution >= 4 is 33.9 Å². The lowest BCUT2D eigenvalue weighted by Crippen LogP contribution is -2.31. The van der Waals surface area contributed by atoms with Gasteiger partial charge >= 0.3 is 5.97 Å². The predicted molar refractivity (Wildman–Crippen MR) is 112 cm³/mol. The molecule has 30 heavy (non-hydrogen) atoms. The molecule has 1 amide bonds. The van der Waals surface area contributed by atoms with E-state index in [4.69, 9.17) is 9.15 Å². The highest BCUT2D eigenvalue weighted by Crippen LogP contribution is 2.23. The fourth-order valence-electron chi connectivity index (χ4n) is 3.14. The first-order valence-corrected chi connectivity index (χ1v) is 9.60. The minimum Gasteiger partial charge on any atom is -0.459 e. The van der Waals surface area contributed by atoms with Crippen LogP contribution in [0.2, 0.25) is 0 Å². The average molecular weight is 403 g/mol. The lowest BCUT2D eigenvalue weighted by atomic mass is 10.2. The number of carbonyl (C=O) groups is 2. The Bertz CT molecular complexity index is 1230. The van der Waals surface area contributed by atoms with E-state index in [2.05, 4.69) is 15.3 Å². The number of amides is 1. The highest BCUT2D eigenvalue weighted by atomic mass is 16.5. The van der Waals surface area contributed by atoms with Crippen molar-refractivity contribution in [1.82, 2.24) is 15.3 Å². The number of hydrogen-bond acceptors (Lipinski definition) is 6. The Morgan fingerprint density at radius 2 is 1.77 bits per heavy atom. The summed E-state index contributed by atoms with van der Waals surface area (Å²) in [6, 6.07) is 14.1. The third-order valence-corrected chi connectivity index (χ3v) is 4.89. The molecular formula is C23H21N3O4. The summed E-state index contributed by atoms with van der Waals surface area (Å²) >= 11 is 0. The molecule has 2 aromatic heterocycles. The molecule has 7 nitrogen and oxygen atoms in total. The number of nitrogens with one attached hydrogen (secondary N) is 1. The van der Waals surface area contributed by atoms with Crippen molar-refractivity contribution < 1.29 is 18.7 Å². The van der Waals surface area contributed by atoms with Gasteiger partial charge < -0.3 is 14.5 Å². The zero-order valence-electron chi connectivity index (χ0n) is 16.9. The van der Waals surface area contributed by atoms with Crippen molar-refractivity contribution in [2.75, 3.05) is 6.61 Å². The van der Waals surface area contributed by atoms with Crippen LogP contribution in [0.5, 0.6) is 0 Å². The molecule has 0 aliphatic rings. The number of hydrogen-bond donors (Lipinski definition) is 1. The molecule has 1 atom stereocenters. The van der Waals surface area contributed by atoms with Crippen molar-refractivity contribution in [3.05, 3.63) is 71.2 Å². The van der Waals surface area contributed by atoms with E-state index < -0.39 is 11.9 Å². The number of fused-ring (bicyclic) bond motifs is 2. The van der Waals surface area contributed by atoms with Crippen LogP contribution >= 0.6 is 0 Å². The van der Waals surface area contributed by atoms with Crippen molar-refractivity contribution in [3.63, 3.8) is 0 Å². The number of carbonyl (C=O) groups excluding carboxylic acids is 2. The summed E-state index contributed by atoms with van der Waals surface area (Å²) in [5, 5.41) is 3.74. The highest BCUT2D eigenvalue weighted by Gasteiger charge is 2.16. The summed E-state index contributed by atoms with van der Waals surface area (Å²) in [6.07, 6.45) is 0.